The zero-order valence-corrected chi connectivity index (χ0v) is 13.6. The van der Waals surface area contributed by atoms with E-state index in [0.29, 0.717) is 6.42 Å². The third kappa shape index (κ3) is 6.24. The summed E-state index contributed by atoms with van der Waals surface area (Å²) in [5, 5.41) is 7.66. The molecule has 124 valence electrons. The molecule has 3 amide bonds. The Morgan fingerprint density at radius 3 is 2.09 bits per heavy atom. The molecule has 1 fully saturated rings. The standard InChI is InChI=1S/C15H25N3O4/c1-8(2)7-12(17-10(4)19)14(21)16-9(3)13(20)15(22)18-11-5-6-11/h8-9,11-12H,5-7H2,1-4H3,(H,16,21)(H,17,19)(H,18,22). The summed E-state index contributed by atoms with van der Waals surface area (Å²) in [6.45, 7) is 6.66. The van der Waals surface area contributed by atoms with Crippen molar-refractivity contribution in [2.45, 2.75) is 65.1 Å². The van der Waals surface area contributed by atoms with Crippen molar-refractivity contribution in [1.29, 1.82) is 0 Å². The molecule has 0 heterocycles. The molecule has 1 aliphatic rings. The quantitative estimate of drug-likeness (QED) is 0.544. The van der Waals surface area contributed by atoms with Crippen LogP contribution in [-0.2, 0) is 19.2 Å². The third-order valence-corrected chi connectivity index (χ3v) is 3.29. The molecule has 1 saturated carbocycles. The second-order valence-corrected chi connectivity index (χ2v) is 6.22. The molecule has 0 aliphatic heterocycles. The number of nitrogens with one attached hydrogen (secondary N) is 3. The summed E-state index contributed by atoms with van der Waals surface area (Å²) >= 11 is 0. The molecule has 2 atom stereocenters. The topological polar surface area (TPSA) is 104 Å². The molecule has 0 spiro atoms. The highest BCUT2D eigenvalue weighted by Crippen LogP contribution is 2.18. The third-order valence-electron chi connectivity index (χ3n) is 3.29. The smallest absolute Gasteiger partial charge is 0.289 e. The van der Waals surface area contributed by atoms with Crippen LogP contribution in [0, 0.1) is 5.92 Å². The van der Waals surface area contributed by atoms with Crippen molar-refractivity contribution in [2.75, 3.05) is 0 Å². The maximum absolute atomic E-state index is 12.2. The van der Waals surface area contributed by atoms with Crippen LogP contribution in [0.3, 0.4) is 0 Å². The highest BCUT2D eigenvalue weighted by molar-refractivity contribution is 6.38. The maximum Gasteiger partial charge on any atom is 0.289 e. The average molecular weight is 311 g/mol. The Labute approximate surface area is 130 Å². The molecular weight excluding hydrogens is 286 g/mol. The summed E-state index contributed by atoms with van der Waals surface area (Å²) in [7, 11) is 0. The van der Waals surface area contributed by atoms with Gasteiger partial charge in [0.2, 0.25) is 17.6 Å². The van der Waals surface area contributed by atoms with E-state index in [1.807, 2.05) is 13.8 Å². The summed E-state index contributed by atoms with van der Waals surface area (Å²) in [5.74, 6) is -1.91. The lowest BCUT2D eigenvalue weighted by Crippen LogP contribution is -2.53. The van der Waals surface area contributed by atoms with E-state index in [1.165, 1.54) is 13.8 Å². The summed E-state index contributed by atoms with van der Waals surface area (Å²) in [6.07, 6.45) is 2.23. The normalized spacial score (nSPS) is 16.6. The molecule has 0 radical (unpaired) electrons. The van der Waals surface area contributed by atoms with Gasteiger partial charge in [-0.15, -0.1) is 0 Å². The molecule has 1 aliphatic carbocycles. The van der Waals surface area contributed by atoms with Gasteiger partial charge in [0, 0.05) is 13.0 Å². The summed E-state index contributed by atoms with van der Waals surface area (Å²) in [4.78, 5) is 46.9. The lowest BCUT2D eigenvalue weighted by molar-refractivity contribution is -0.140. The minimum Gasteiger partial charge on any atom is -0.347 e. The predicted molar refractivity (Wildman–Crippen MR) is 80.8 cm³/mol. The minimum absolute atomic E-state index is 0.0902. The molecular formula is C15H25N3O4. The van der Waals surface area contributed by atoms with E-state index in [-0.39, 0.29) is 17.9 Å². The summed E-state index contributed by atoms with van der Waals surface area (Å²) < 4.78 is 0. The monoisotopic (exact) mass is 311 g/mol. The first kappa shape index (κ1) is 18.1. The van der Waals surface area contributed by atoms with Crippen LogP contribution in [0.5, 0.6) is 0 Å². The second kappa shape index (κ2) is 7.91. The molecule has 0 aromatic heterocycles. The average Bonchev–Trinajstić information content (AvgIpc) is 3.19. The fraction of sp³-hybridized carbons (Fsp3) is 0.733. The van der Waals surface area contributed by atoms with Crippen molar-refractivity contribution in [3.63, 3.8) is 0 Å². The SMILES string of the molecule is CC(=O)NC(CC(C)C)C(=O)NC(C)C(=O)C(=O)NC1CC1. The van der Waals surface area contributed by atoms with Gasteiger partial charge >= 0.3 is 0 Å². The zero-order valence-electron chi connectivity index (χ0n) is 13.6. The van der Waals surface area contributed by atoms with E-state index >= 15 is 0 Å². The van der Waals surface area contributed by atoms with Crippen LogP contribution >= 0.6 is 0 Å². The van der Waals surface area contributed by atoms with Gasteiger partial charge in [-0.1, -0.05) is 13.8 Å². The minimum atomic E-state index is -0.922. The van der Waals surface area contributed by atoms with Gasteiger partial charge in [0.25, 0.3) is 5.91 Å². The van der Waals surface area contributed by atoms with E-state index in [1.54, 1.807) is 0 Å². The first-order valence-electron chi connectivity index (χ1n) is 7.62. The van der Waals surface area contributed by atoms with Crippen LogP contribution in [0.25, 0.3) is 0 Å². The van der Waals surface area contributed by atoms with Crippen molar-refractivity contribution in [3.05, 3.63) is 0 Å². The molecule has 0 saturated heterocycles. The molecule has 3 N–H and O–H groups in total. The Morgan fingerprint density at radius 2 is 1.64 bits per heavy atom. The summed E-state index contributed by atoms with van der Waals surface area (Å²) in [5.41, 5.74) is 0. The van der Waals surface area contributed by atoms with Crippen LogP contribution in [0.1, 0.15) is 47.0 Å². The van der Waals surface area contributed by atoms with Crippen LogP contribution in [0.15, 0.2) is 0 Å². The van der Waals surface area contributed by atoms with Gasteiger partial charge in [0.1, 0.15) is 6.04 Å². The number of hydrogen-bond donors (Lipinski definition) is 3. The van der Waals surface area contributed by atoms with Crippen molar-refractivity contribution in [2.24, 2.45) is 5.92 Å². The van der Waals surface area contributed by atoms with Gasteiger partial charge in [-0.2, -0.15) is 0 Å². The maximum atomic E-state index is 12.2. The predicted octanol–water partition coefficient (Wildman–Crippen LogP) is -0.110. The summed E-state index contributed by atoms with van der Waals surface area (Å²) in [6, 6.07) is -1.54. The number of hydrogen-bond acceptors (Lipinski definition) is 4. The van der Waals surface area contributed by atoms with Gasteiger partial charge in [0.05, 0.1) is 6.04 Å². The van der Waals surface area contributed by atoms with Crippen LogP contribution < -0.4 is 16.0 Å². The fourth-order valence-corrected chi connectivity index (χ4v) is 2.01. The highest BCUT2D eigenvalue weighted by Gasteiger charge is 2.30. The first-order chi connectivity index (χ1) is 10.2. The lowest BCUT2D eigenvalue weighted by Gasteiger charge is -2.21. The Kier molecular flexibility index (Phi) is 6.52. The molecule has 0 bridgehead atoms. The molecule has 7 nitrogen and oxygen atoms in total. The van der Waals surface area contributed by atoms with E-state index in [2.05, 4.69) is 16.0 Å². The molecule has 1 rings (SSSR count). The largest absolute Gasteiger partial charge is 0.347 e. The van der Waals surface area contributed by atoms with Crippen molar-refractivity contribution in [1.82, 2.24) is 16.0 Å². The number of rotatable bonds is 8. The number of Topliss-reactive ketones (excluding diaryl/α,β-unsaturated/α-hetero) is 1. The number of carbonyl (C=O) groups is 4. The van der Waals surface area contributed by atoms with Crippen LogP contribution in [0.2, 0.25) is 0 Å². The number of carbonyl (C=O) groups excluding carboxylic acids is 4. The Balaban J connectivity index is 2.55. The van der Waals surface area contributed by atoms with E-state index in [0.717, 1.165) is 12.8 Å². The Bertz CT molecular complexity index is 458. The van der Waals surface area contributed by atoms with Gasteiger partial charge in [0.15, 0.2) is 0 Å². The second-order valence-electron chi connectivity index (χ2n) is 6.22. The van der Waals surface area contributed by atoms with Crippen molar-refractivity contribution in [3.8, 4) is 0 Å². The molecule has 0 aromatic carbocycles. The molecule has 0 aromatic rings. The first-order valence-corrected chi connectivity index (χ1v) is 7.62. The van der Waals surface area contributed by atoms with Gasteiger partial charge < -0.3 is 16.0 Å². The van der Waals surface area contributed by atoms with Crippen LogP contribution in [0.4, 0.5) is 0 Å². The Morgan fingerprint density at radius 1 is 1.05 bits per heavy atom. The Hall–Kier alpha value is -1.92. The molecule has 22 heavy (non-hydrogen) atoms. The fourth-order valence-electron chi connectivity index (χ4n) is 2.01. The van der Waals surface area contributed by atoms with E-state index < -0.39 is 29.7 Å². The van der Waals surface area contributed by atoms with Gasteiger partial charge in [-0.05, 0) is 32.1 Å². The molecule has 7 heteroatoms. The van der Waals surface area contributed by atoms with Gasteiger partial charge in [-0.3, -0.25) is 19.2 Å². The highest BCUT2D eigenvalue weighted by atomic mass is 16.2. The van der Waals surface area contributed by atoms with Crippen molar-refractivity contribution >= 4 is 23.5 Å². The van der Waals surface area contributed by atoms with E-state index in [9.17, 15) is 19.2 Å². The van der Waals surface area contributed by atoms with Crippen LogP contribution in [-0.4, -0.2) is 41.6 Å². The molecule has 2 unspecified atom stereocenters. The number of ketones is 1. The zero-order chi connectivity index (χ0) is 16.9. The van der Waals surface area contributed by atoms with E-state index in [4.69, 9.17) is 0 Å². The lowest BCUT2D eigenvalue weighted by atomic mass is 10.0. The number of amides is 3. The van der Waals surface area contributed by atoms with Gasteiger partial charge in [-0.25, -0.2) is 0 Å². The van der Waals surface area contributed by atoms with Crippen molar-refractivity contribution < 1.29 is 19.2 Å².